The van der Waals surface area contributed by atoms with Crippen molar-refractivity contribution in [1.82, 2.24) is 0 Å². The van der Waals surface area contributed by atoms with Gasteiger partial charge in [-0.1, -0.05) is 37.3 Å². The summed E-state index contributed by atoms with van der Waals surface area (Å²) in [4.78, 5) is 10.6. The van der Waals surface area contributed by atoms with Gasteiger partial charge in [-0.15, -0.1) is 0 Å². The Morgan fingerprint density at radius 2 is 1.87 bits per heavy atom. The fourth-order valence-electron chi connectivity index (χ4n) is 1.38. The van der Waals surface area contributed by atoms with Crippen LogP contribution in [0.1, 0.15) is 18.6 Å². The average Bonchev–Trinajstić information content (AvgIpc) is 2.27. The zero-order valence-electron chi connectivity index (χ0n) is 8.50. The lowest BCUT2D eigenvalue weighted by molar-refractivity contribution is -0.140. The van der Waals surface area contributed by atoms with Gasteiger partial charge in [-0.25, -0.2) is 0 Å². The molecular weight excluding hydrogens is 194 g/mol. The molecule has 1 aromatic rings. The molecule has 0 saturated carbocycles. The minimum atomic E-state index is -1.10. The SMILES string of the molecule is C[C@H]([C@H](N)C(=O)O)[C@H](O)c1ccccc1. The highest BCUT2D eigenvalue weighted by atomic mass is 16.4. The third kappa shape index (κ3) is 2.78. The number of carboxylic acids is 1. The van der Waals surface area contributed by atoms with Crippen molar-refractivity contribution < 1.29 is 15.0 Å². The molecule has 0 saturated heterocycles. The Bertz CT molecular complexity index is 326. The van der Waals surface area contributed by atoms with Crippen LogP contribution in [0.2, 0.25) is 0 Å². The van der Waals surface area contributed by atoms with Gasteiger partial charge in [-0.2, -0.15) is 0 Å². The molecule has 15 heavy (non-hydrogen) atoms. The number of benzene rings is 1. The van der Waals surface area contributed by atoms with Crippen molar-refractivity contribution in [2.75, 3.05) is 0 Å². The average molecular weight is 209 g/mol. The molecule has 0 fully saturated rings. The summed E-state index contributed by atoms with van der Waals surface area (Å²) in [5, 5.41) is 18.6. The molecule has 0 spiro atoms. The second-order valence-corrected chi connectivity index (χ2v) is 3.58. The fourth-order valence-corrected chi connectivity index (χ4v) is 1.38. The maximum absolute atomic E-state index is 10.6. The summed E-state index contributed by atoms with van der Waals surface area (Å²) in [5.74, 6) is -1.62. The van der Waals surface area contributed by atoms with Crippen LogP contribution in [0.25, 0.3) is 0 Å². The first kappa shape index (κ1) is 11.7. The van der Waals surface area contributed by atoms with E-state index in [9.17, 15) is 9.90 Å². The maximum atomic E-state index is 10.6. The molecular formula is C11H15NO3. The molecule has 0 radical (unpaired) electrons. The molecule has 4 nitrogen and oxygen atoms in total. The summed E-state index contributed by atoms with van der Waals surface area (Å²) in [6, 6.07) is 7.85. The van der Waals surface area contributed by atoms with Crippen molar-refractivity contribution >= 4 is 5.97 Å². The minimum Gasteiger partial charge on any atom is -0.480 e. The van der Waals surface area contributed by atoms with Gasteiger partial charge in [-0.05, 0) is 5.56 Å². The van der Waals surface area contributed by atoms with Gasteiger partial charge in [0, 0.05) is 5.92 Å². The van der Waals surface area contributed by atoms with E-state index in [1.807, 2.05) is 6.07 Å². The first-order valence-electron chi connectivity index (χ1n) is 4.75. The Morgan fingerprint density at radius 3 is 2.33 bits per heavy atom. The number of hydrogen-bond donors (Lipinski definition) is 3. The molecule has 0 amide bonds. The first-order chi connectivity index (χ1) is 7.04. The largest absolute Gasteiger partial charge is 0.480 e. The van der Waals surface area contributed by atoms with Crippen molar-refractivity contribution in [1.29, 1.82) is 0 Å². The number of aliphatic hydroxyl groups is 1. The Morgan fingerprint density at radius 1 is 1.33 bits per heavy atom. The molecule has 0 heterocycles. The third-order valence-corrected chi connectivity index (χ3v) is 2.49. The lowest BCUT2D eigenvalue weighted by atomic mass is 9.91. The highest BCUT2D eigenvalue weighted by Crippen LogP contribution is 2.23. The molecule has 0 aliphatic carbocycles. The lowest BCUT2D eigenvalue weighted by Crippen LogP contribution is -2.39. The quantitative estimate of drug-likeness (QED) is 0.683. The second-order valence-electron chi connectivity index (χ2n) is 3.58. The van der Waals surface area contributed by atoms with Gasteiger partial charge >= 0.3 is 5.97 Å². The normalized spacial score (nSPS) is 16.7. The predicted molar refractivity (Wildman–Crippen MR) is 56.2 cm³/mol. The van der Waals surface area contributed by atoms with Gasteiger partial charge in [0.2, 0.25) is 0 Å². The first-order valence-corrected chi connectivity index (χ1v) is 4.75. The molecule has 3 atom stereocenters. The smallest absolute Gasteiger partial charge is 0.320 e. The second kappa shape index (κ2) is 4.91. The monoisotopic (exact) mass is 209 g/mol. The molecule has 1 aromatic carbocycles. The van der Waals surface area contributed by atoms with Crippen LogP contribution in [0.4, 0.5) is 0 Å². The summed E-state index contributed by atoms with van der Waals surface area (Å²) < 4.78 is 0. The summed E-state index contributed by atoms with van der Waals surface area (Å²) in [6.45, 7) is 1.62. The number of hydrogen-bond acceptors (Lipinski definition) is 3. The molecule has 4 heteroatoms. The summed E-state index contributed by atoms with van der Waals surface area (Å²) in [6.07, 6.45) is -0.850. The zero-order chi connectivity index (χ0) is 11.4. The van der Waals surface area contributed by atoms with Crippen LogP contribution < -0.4 is 5.73 Å². The Hall–Kier alpha value is -1.39. The predicted octanol–water partition coefficient (Wildman–Crippen LogP) is 0.768. The molecule has 0 bridgehead atoms. The Balaban J connectivity index is 2.77. The number of rotatable bonds is 4. The van der Waals surface area contributed by atoms with Gasteiger partial charge in [0.15, 0.2) is 0 Å². The summed E-state index contributed by atoms with van der Waals surface area (Å²) in [7, 11) is 0. The van der Waals surface area contributed by atoms with E-state index >= 15 is 0 Å². The topological polar surface area (TPSA) is 83.6 Å². The van der Waals surface area contributed by atoms with Crippen LogP contribution in [0.15, 0.2) is 30.3 Å². The number of aliphatic hydroxyl groups excluding tert-OH is 1. The van der Waals surface area contributed by atoms with Gasteiger partial charge in [0.25, 0.3) is 0 Å². The van der Waals surface area contributed by atoms with Crippen LogP contribution in [-0.2, 0) is 4.79 Å². The van der Waals surface area contributed by atoms with Crippen molar-refractivity contribution in [3.8, 4) is 0 Å². The summed E-state index contributed by atoms with van der Waals surface area (Å²) >= 11 is 0. The van der Waals surface area contributed by atoms with E-state index in [1.54, 1.807) is 31.2 Å². The molecule has 1 rings (SSSR count). The highest BCUT2D eigenvalue weighted by molar-refractivity contribution is 5.73. The van der Waals surface area contributed by atoms with Gasteiger partial charge < -0.3 is 15.9 Å². The Kier molecular flexibility index (Phi) is 3.82. The maximum Gasteiger partial charge on any atom is 0.320 e. The van der Waals surface area contributed by atoms with Crippen LogP contribution in [0, 0.1) is 5.92 Å². The van der Waals surface area contributed by atoms with E-state index in [2.05, 4.69) is 0 Å². The molecule has 0 aromatic heterocycles. The van der Waals surface area contributed by atoms with E-state index in [-0.39, 0.29) is 0 Å². The molecule has 82 valence electrons. The van der Waals surface area contributed by atoms with Crippen molar-refractivity contribution in [2.24, 2.45) is 11.7 Å². The van der Waals surface area contributed by atoms with Crippen LogP contribution in [0.5, 0.6) is 0 Å². The molecule has 0 aliphatic rings. The molecule has 0 aliphatic heterocycles. The van der Waals surface area contributed by atoms with E-state index in [1.165, 1.54) is 0 Å². The standard InChI is InChI=1S/C11H15NO3/c1-7(9(12)11(14)15)10(13)8-5-3-2-4-6-8/h2-7,9-10,13H,12H2,1H3,(H,14,15)/t7-,9+,10+/m1/s1. The van der Waals surface area contributed by atoms with Gasteiger partial charge in [-0.3, -0.25) is 4.79 Å². The number of aliphatic carboxylic acids is 1. The fraction of sp³-hybridized carbons (Fsp3) is 0.364. The van der Waals surface area contributed by atoms with Crippen molar-refractivity contribution in [3.05, 3.63) is 35.9 Å². The number of carboxylic acid groups (broad SMARTS) is 1. The molecule has 4 N–H and O–H groups in total. The van der Waals surface area contributed by atoms with E-state index < -0.39 is 24.0 Å². The minimum absolute atomic E-state index is 0.523. The van der Waals surface area contributed by atoms with Crippen molar-refractivity contribution in [3.63, 3.8) is 0 Å². The van der Waals surface area contributed by atoms with Crippen LogP contribution in [-0.4, -0.2) is 22.2 Å². The van der Waals surface area contributed by atoms with E-state index in [0.717, 1.165) is 0 Å². The zero-order valence-corrected chi connectivity index (χ0v) is 8.50. The van der Waals surface area contributed by atoms with E-state index in [4.69, 9.17) is 10.8 Å². The number of nitrogens with two attached hydrogens (primary N) is 1. The molecule has 0 unspecified atom stereocenters. The summed E-state index contributed by atoms with van der Waals surface area (Å²) in [5.41, 5.74) is 6.12. The van der Waals surface area contributed by atoms with Crippen LogP contribution >= 0.6 is 0 Å². The van der Waals surface area contributed by atoms with Gasteiger partial charge in [0.05, 0.1) is 6.10 Å². The Labute approximate surface area is 88.3 Å². The van der Waals surface area contributed by atoms with E-state index in [0.29, 0.717) is 5.56 Å². The third-order valence-electron chi connectivity index (χ3n) is 2.49. The van der Waals surface area contributed by atoms with Gasteiger partial charge in [0.1, 0.15) is 6.04 Å². The van der Waals surface area contributed by atoms with Crippen LogP contribution in [0.3, 0.4) is 0 Å². The highest BCUT2D eigenvalue weighted by Gasteiger charge is 2.27. The van der Waals surface area contributed by atoms with Crippen molar-refractivity contribution in [2.45, 2.75) is 19.1 Å². The lowest BCUT2D eigenvalue weighted by Gasteiger charge is -2.22. The number of carbonyl (C=O) groups is 1.